The summed E-state index contributed by atoms with van der Waals surface area (Å²) in [7, 11) is 0. The van der Waals surface area contributed by atoms with Crippen molar-refractivity contribution in [3.63, 3.8) is 0 Å². The van der Waals surface area contributed by atoms with Crippen molar-refractivity contribution >= 4 is 23.6 Å². The summed E-state index contributed by atoms with van der Waals surface area (Å²) < 4.78 is 1.72. The van der Waals surface area contributed by atoms with Crippen LogP contribution in [-0.4, -0.2) is 63.6 Å². The quantitative estimate of drug-likeness (QED) is 0.697. The number of thioether (sulfide) groups is 1. The normalized spacial score (nSPS) is 24.3. The van der Waals surface area contributed by atoms with E-state index in [0.29, 0.717) is 38.2 Å². The highest BCUT2D eigenvalue weighted by atomic mass is 32.2. The highest BCUT2D eigenvalue weighted by Gasteiger charge is 2.38. The molecule has 3 heterocycles. The molecule has 7 nitrogen and oxygen atoms in total. The number of nitrogens with one attached hydrogen (secondary N) is 1. The molecule has 2 atom stereocenters. The molecule has 1 fully saturated rings. The Balaban J connectivity index is 1.57. The second kappa shape index (κ2) is 7.99. The summed E-state index contributed by atoms with van der Waals surface area (Å²) in [6, 6.07) is 3.46. The van der Waals surface area contributed by atoms with Gasteiger partial charge in [-0.2, -0.15) is 11.8 Å². The van der Waals surface area contributed by atoms with E-state index < -0.39 is 11.4 Å². The number of carbonyl (C=O) groups excluding carboxylic acids is 2. The van der Waals surface area contributed by atoms with Gasteiger partial charge < -0.3 is 19.9 Å². The molecule has 156 valence electrons. The summed E-state index contributed by atoms with van der Waals surface area (Å²) >= 11 is 1.53. The number of piperidine rings is 1. The zero-order valence-electron chi connectivity index (χ0n) is 16.6. The van der Waals surface area contributed by atoms with Gasteiger partial charge in [-0.3, -0.25) is 14.4 Å². The van der Waals surface area contributed by atoms with Crippen molar-refractivity contribution in [1.29, 1.82) is 0 Å². The Labute approximate surface area is 174 Å². The fraction of sp³-hybridized carbons (Fsp3) is 0.571. The third kappa shape index (κ3) is 3.75. The van der Waals surface area contributed by atoms with Crippen LogP contribution in [0.4, 0.5) is 0 Å². The Morgan fingerprint density at radius 1 is 1.24 bits per heavy atom. The number of hydrogen-bond acceptors (Lipinski definition) is 5. The molecule has 1 aromatic heterocycles. The van der Waals surface area contributed by atoms with Gasteiger partial charge in [0.2, 0.25) is 5.91 Å². The molecule has 29 heavy (non-hydrogen) atoms. The lowest BCUT2D eigenvalue weighted by molar-refractivity contribution is -0.131. The number of rotatable bonds is 5. The van der Waals surface area contributed by atoms with E-state index in [4.69, 9.17) is 0 Å². The lowest BCUT2D eigenvalue weighted by atomic mass is 9.83. The molecule has 1 saturated heterocycles. The Morgan fingerprint density at radius 2 is 2.00 bits per heavy atom. The Bertz CT molecular complexity index is 902. The average Bonchev–Trinajstić information content (AvgIpc) is 3.17. The lowest BCUT2D eigenvalue weighted by Gasteiger charge is -2.43. The predicted molar refractivity (Wildman–Crippen MR) is 112 cm³/mol. The zero-order valence-corrected chi connectivity index (χ0v) is 17.4. The van der Waals surface area contributed by atoms with Crippen LogP contribution in [0.5, 0.6) is 0 Å². The number of fused-ring (bicyclic) bond motifs is 4. The van der Waals surface area contributed by atoms with Crippen molar-refractivity contribution in [2.75, 3.05) is 31.7 Å². The van der Waals surface area contributed by atoms with E-state index in [-0.39, 0.29) is 35.5 Å². The molecule has 2 amide bonds. The van der Waals surface area contributed by atoms with Crippen LogP contribution in [-0.2, 0) is 11.3 Å². The topological polar surface area (TPSA) is 91.6 Å². The first-order chi connectivity index (χ1) is 14.0. The van der Waals surface area contributed by atoms with Crippen molar-refractivity contribution in [2.24, 2.45) is 5.92 Å². The Kier molecular flexibility index (Phi) is 5.57. The fourth-order valence-corrected chi connectivity index (χ4v) is 5.25. The predicted octanol–water partition coefficient (Wildman–Crippen LogP) is 0.968. The van der Waals surface area contributed by atoms with Gasteiger partial charge in [-0.1, -0.05) is 12.2 Å². The molecule has 4 rings (SSSR count). The van der Waals surface area contributed by atoms with Gasteiger partial charge in [-0.25, -0.2) is 0 Å². The third-order valence-electron chi connectivity index (χ3n) is 6.33. The van der Waals surface area contributed by atoms with Gasteiger partial charge in [0.05, 0.1) is 17.9 Å². The summed E-state index contributed by atoms with van der Waals surface area (Å²) in [5.41, 5.74) is 0.0314. The average molecular weight is 418 g/mol. The van der Waals surface area contributed by atoms with Gasteiger partial charge in [0.25, 0.3) is 11.5 Å². The van der Waals surface area contributed by atoms with Gasteiger partial charge in [0.1, 0.15) is 5.56 Å². The number of amides is 2. The van der Waals surface area contributed by atoms with Gasteiger partial charge in [-0.05, 0) is 43.6 Å². The molecular formula is C21H27N3O4S. The summed E-state index contributed by atoms with van der Waals surface area (Å²) in [4.78, 5) is 40.2. The molecule has 0 saturated carbocycles. The van der Waals surface area contributed by atoms with Crippen molar-refractivity contribution in [3.8, 4) is 0 Å². The van der Waals surface area contributed by atoms with Gasteiger partial charge in [-0.15, -0.1) is 0 Å². The number of carbonyl (C=O) groups is 2. The summed E-state index contributed by atoms with van der Waals surface area (Å²) in [5, 5.41) is 12.6. The minimum Gasteiger partial charge on any atom is -0.394 e. The van der Waals surface area contributed by atoms with Crippen molar-refractivity contribution in [1.82, 2.24) is 14.8 Å². The summed E-state index contributed by atoms with van der Waals surface area (Å²) in [5.74, 6) is 0.549. The standard InChI is InChI=1S/C21H27N3O4S/c1-29-12-18(26)23-9-14-8-15(11-23)17-5-4-16(20(28)24(17)10-14)19(27)22-21(13-25)6-2-3-7-21/h2-5,14-15,25H,6-13H2,1H3,(H,22,27)/t14-,15+/m0/s1. The Hall–Kier alpha value is -2.06. The van der Waals surface area contributed by atoms with E-state index in [1.165, 1.54) is 11.8 Å². The van der Waals surface area contributed by atoms with Gasteiger partial charge >= 0.3 is 0 Å². The molecule has 8 heteroatoms. The number of nitrogens with zero attached hydrogens (tertiary/aromatic N) is 2. The minimum absolute atomic E-state index is 0.115. The molecule has 0 spiro atoms. The number of likely N-dealkylation sites (tertiary alicyclic amines) is 1. The highest BCUT2D eigenvalue weighted by Crippen LogP contribution is 2.35. The number of aromatic nitrogens is 1. The molecule has 1 aliphatic carbocycles. The maximum absolute atomic E-state index is 13.1. The van der Waals surface area contributed by atoms with Crippen molar-refractivity contribution < 1.29 is 14.7 Å². The third-order valence-corrected chi connectivity index (χ3v) is 6.87. The van der Waals surface area contributed by atoms with E-state index in [1.807, 2.05) is 29.4 Å². The SMILES string of the molecule is CSCC(=O)N1C[C@@H]2C[C@H](C1)c1ccc(C(=O)NC3(CO)CC=CC3)c(=O)n1C2. The van der Waals surface area contributed by atoms with Crippen LogP contribution in [0.3, 0.4) is 0 Å². The van der Waals surface area contributed by atoms with E-state index in [1.54, 1.807) is 10.6 Å². The first kappa shape index (κ1) is 20.2. The highest BCUT2D eigenvalue weighted by molar-refractivity contribution is 7.99. The molecule has 1 aromatic rings. The summed E-state index contributed by atoms with van der Waals surface area (Å²) in [6.07, 6.45) is 7.88. The monoisotopic (exact) mass is 417 g/mol. The fourth-order valence-electron chi connectivity index (χ4n) is 4.82. The molecular weight excluding hydrogens is 390 g/mol. The van der Waals surface area contributed by atoms with Crippen molar-refractivity contribution in [3.05, 3.63) is 45.9 Å². The van der Waals surface area contributed by atoms with E-state index in [0.717, 1.165) is 12.1 Å². The van der Waals surface area contributed by atoms with E-state index in [2.05, 4.69) is 5.32 Å². The molecule has 0 unspecified atom stereocenters. The van der Waals surface area contributed by atoms with Gasteiger partial charge in [0, 0.05) is 31.2 Å². The number of pyridine rings is 1. The van der Waals surface area contributed by atoms with Crippen LogP contribution in [0.2, 0.25) is 0 Å². The maximum Gasteiger partial charge on any atom is 0.263 e. The second-order valence-corrected chi connectivity index (χ2v) is 9.26. The molecule has 3 aliphatic rings. The first-order valence-electron chi connectivity index (χ1n) is 10.0. The minimum atomic E-state index is -0.710. The van der Waals surface area contributed by atoms with E-state index in [9.17, 15) is 19.5 Å². The smallest absolute Gasteiger partial charge is 0.263 e. The van der Waals surface area contributed by atoms with Crippen LogP contribution in [0.25, 0.3) is 0 Å². The Morgan fingerprint density at radius 3 is 2.69 bits per heavy atom. The van der Waals surface area contributed by atoms with Crippen LogP contribution in [0.15, 0.2) is 29.1 Å². The first-order valence-corrected chi connectivity index (χ1v) is 11.4. The summed E-state index contributed by atoms with van der Waals surface area (Å²) in [6.45, 7) is 1.65. The maximum atomic E-state index is 13.1. The van der Waals surface area contributed by atoms with Crippen LogP contribution in [0.1, 0.15) is 41.2 Å². The number of hydrogen-bond donors (Lipinski definition) is 2. The zero-order chi connectivity index (χ0) is 20.6. The molecule has 0 radical (unpaired) electrons. The number of aliphatic hydroxyl groups is 1. The molecule has 0 aromatic carbocycles. The van der Waals surface area contributed by atoms with Gasteiger partial charge in [0.15, 0.2) is 0 Å². The molecule has 2 aliphatic heterocycles. The number of aliphatic hydroxyl groups excluding tert-OH is 1. The molecule has 2 N–H and O–H groups in total. The molecule has 2 bridgehead atoms. The van der Waals surface area contributed by atoms with Crippen LogP contribution in [0, 0.1) is 5.92 Å². The largest absolute Gasteiger partial charge is 0.394 e. The second-order valence-electron chi connectivity index (χ2n) is 8.39. The lowest BCUT2D eigenvalue weighted by Crippen LogP contribution is -2.52. The van der Waals surface area contributed by atoms with Crippen LogP contribution >= 0.6 is 11.8 Å². The van der Waals surface area contributed by atoms with Crippen molar-refractivity contribution in [2.45, 2.75) is 37.3 Å². The van der Waals surface area contributed by atoms with Crippen LogP contribution < -0.4 is 10.9 Å². The van der Waals surface area contributed by atoms with E-state index >= 15 is 0 Å².